The van der Waals surface area contributed by atoms with Gasteiger partial charge in [0.1, 0.15) is 28.5 Å². The summed E-state index contributed by atoms with van der Waals surface area (Å²) < 4.78 is 12.7. The summed E-state index contributed by atoms with van der Waals surface area (Å²) in [6.45, 7) is 2.15. The molecular weight excluding hydrogens is 448 g/mol. The van der Waals surface area contributed by atoms with Gasteiger partial charge in [0, 0.05) is 43.0 Å². The normalized spacial score (nSPS) is 20.5. The lowest BCUT2D eigenvalue weighted by Crippen LogP contribution is -2.44. The van der Waals surface area contributed by atoms with Crippen LogP contribution >= 0.6 is 0 Å². The molecule has 35 heavy (non-hydrogen) atoms. The van der Waals surface area contributed by atoms with E-state index >= 15 is 0 Å². The van der Waals surface area contributed by atoms with Gasteiger partial charge in [0.25, 0.3) is 0 Å². The van der Waals surface area contributed by atoms with Crippen LogP contribution in [0.1, 0.15) is 39.9 Å². The Morgan fingerprint density at radius 3 is 2.74 bits per heavy atom. The molecule has 4 heterocycles. The number of aryl methyl sites for hydroxylation is 1. The Bertz CT molecular complexity index is 1420. The van der Waals surface area contributed by atoms with E-state index in [4.69, 9.17) is 14.5 Å². The van der Waals surface area contributed by atoms with Crippen molar-refractivity contribution in [3.05, 3.63) is 56.9 Å². The average Bonchev–Trinajstić information content (AvgIpc) is 3.62. The second-order valence-electron chi connectivity index (χ2n) is 9.57. The first kappa shape index (κ1) is 21.9. The smallest absolute Gasteiger partial charge is 0.341 e. The summed E-state index contributed by atoms with van der Waals surface area (Å²) in [5.74, 6) is 1.01. The van der Waals surface area contributed by atoms with Gasteiger partial charge in [-0.25, -0.2) is 9.78 Å². The van der Waals surface area contributed by atoms with Crippen LogP contribution < -0.4 is 25.1 Å². The van der Waals surface area contributed by atoms with E-state index in [-0.39, 0.29) is 5.56 Å². The van der Waals surface area contributed by atoms with Gasteiger partial charge >= 0.3 is 5.97 Å². The lowest BCUT2D eigenvalue weighted by molar-refractivity contribution is 0.0695. The van der Waals surface area contributed by atoms with E-state index in [0.717, 1.165) is 61.3 Å². The van der Waals surface area contributed by atoms with E-state index in [9.17, 15) is 14.7 Å². The van der Waals surface area contributed by atoms with Gasteiger partial charge in [-0.3, -0.25) is 4.79 Å². The monoisotopic (exact) mass is 476 g/mol. The van der Waals surface area contributed by atoms with E-state index in [0.29, 0.717) is 41.2 Å². The number of carboxylic acids is 1. The summed E-state index contributed by atoms with van der Waals surface area (Å²) in [5.41, 5.74) is 2.75. The second kappa shape index (κ2) is 8.27. The minimum atomic E-state index is -1.23. The van der Waals surface area contributed by atoms with E-state index in [1.165, 1.54) is 6.20 Å². The van der Waals surface area contributed by atoms with Crippen LogP contribution in [0.5, 0.6) is 11.5 Å². The number of carboxylic acid groups (broad SMARTS) is 1. The predicted molar refractivity (Wildman–Crippen MR) is 131 cm³/mol. The van der Waals surface area contributed by atoms with Crippen molar-refractivity contribution < 1.29 is 19.4 Å². The summed E-state index contributed by atoms with van der Waals surface area (Å²) >= 11 is 0. The van der Waals surface area contributed by atoms with Gasteiger partial charge in [-0.15, -0.1) is 0 Å². The summed E-state index contributed by atoms with van der Waals surface area (Å²) in [6.07, 6.45) is 5.07. The van der Waals surface area contributed by atoms with Crippen LogP contribution in [-0.2, 0) is 19.4 Å². The molecule has 3 aliphatic rings. The summed E-state index contributed by atoms with van der Waals surface area (Å²) in [4.78, 5) is 32.9. The quantitative estimate of drug-likeness (QED) is 0.558. The lowest BCUT2D eigenvalue weighted by Gasteiger charge is -2.31. The van der Waals surface area contributed by atoms with Crippen molar-refractivity contribution in [2.45, 2.75) is 44.3 Å². The number of benzene rings is 1. The summed E-state index contributed by atoms with van der Waals surface area (Å²) in [5, 5.41) is 13.8. The van der Waals surface area contributed by atoms with Crippen molar-refractivity contribution in [2.24, 2.45) is 0 Å². The van der Waals surface area contributed by atoms with Gasteiger partial charge in [0.05, 0.1) is 26.2 Å². The fourth-order valence-corrected chi connectivity index (χ4v) is 5.98. The largest absolute Gasteiger partial charge is 0.497 e. The molecule has 2 aliphatic heterocycles. The number of rotatable bonds is 6. The van der Waals surface area contributed by atoms with Gasteiger partial charge in [0.15, 0.2) is 0 Å². The van der Waals surface area contributed by atoms with Crippen LogP contribution in [0.25, 0.3) is 11.0 Å². The molecule has 2 bridgehead atoms. The van der Waals surface area contributed by atoms with E-state index in [1.807, 2.05) is 12.1 Å². The third-order valence-corrected chi connectivity index (χ3v) is 7.65. The molecule has 2 aromatic heterocycles. The standard InChI is InChI=1S/C26H28N4O5/c1-34-17-7-6-14(21(9-17)35-2)11-29-13-20(26(32)33)23(31)22-18-4-3-5-19(18)24(28-25(22)29)30-12-15-8-16(30)10-27-15/h6-7,9,13,15-16,27H,3-5,8,10-12H2,1-2H3,(H,32,33)/t15-,16-/m0/s1. The number of nitrogens with zero attached hydrogens (tertiary/aromatic N) is 3. The molecule has 2 N–H and O–H groups in total. The Kier molecular flexibility index (Phi) is 5.17. The highest BCUT2D eigenvalue weighted by atomic mass is 16.5. The van der Waals surface area contributed by atoms with Crippen LogP contribution in [0.3, 0.4) is 0 Å². The van der Waals surface area contributed by atoms with Crippen molar-refractivity contribution in [3.63, 3.8) is 0 Å². The fourth-order valence-electron chi connectivity index (χ4n) is 5.98. The number of aromatic carboxylic acids is 1. The third kappa shape index (κ3) is 3.44. The number of hydrogen-bond acceptors (Lipinski definition) is 7. The molecule has 0 spiro atoms. The Labute approximate surface area is 202 Å². The van der Waals surface area contributed by atoms with Crippen molar-refractivity contribution in [1.82, 2.24) is 14.9 Å². The molecule has 9 nitrogen and oxygen atoms in total. The maximum absolute atomic E-state index is 13.4. The first-order valence-electron chi connectivity index (χ1n) is 12.0. The number of fused-ring (bicyclic) bond motifs is 5. The maximum atomic E-state index is 13.4. The molecule has 6 rings (SSSR count). The Balaban J connectivity index is 1.58. The number of aromatic nitrogens is 2. The Morgan fingerprint density at radius 1 is 1.23 bits per heavy atom. The number of carbonyl (C=O) groups is 1. The molecular formula is C26H28N4O5. The highest BCUT2D eigenvalue weighted by Crippen LogP contribution is 2.38. The second-order valence-corrected chi connectivity index (χ2v) is 9.57. The van der Waals surface area contributed by atoms with Crippen molar-refractivity contribution in [2.75, 3.05) is 32.2 Å². The minimum Gasteiger partial charge on any atom is -0.497 e. The molecule has 0 radical (unpaired) electrons. The first-order chi connectivity index (χ1) is 17.0. The van der Waals surface area contributed by atoms with Crippen LogP contribution in [0.4, 0.5) is 5.82 Å². The topological polar surface area (TPSA) is 106 Å². The zero-order valence-electron chi connectivity index (χ0n) is 19.8. The molecule has 0 amide bonds. The average molecular weight is 477 g/mol. The number of piperazine rings is 1. The van der Waals surface area contributed by atoms with E-state index in [2.05, 4.69) is 10.2 Å². The van der Waals surface area contributed by atoms with Crippen LogP contribution in [0.2, 0.25) is 0 Å². The summed E-state index contributed by atoms with van der Waals surface area (Å²) in [6, 6.07) is 6.39. The Morgan fingerprint density at radius 2 is 2.06 bits per heavy atom. The molecule has 0 saturated carbocycles. The fraction of sp³-hybridized carbons (Fsp3) is 0.423. The van der Waals surface area contributed by atoms with Crippen LogP contribution in [-0.4, -0.2) is 60.0 Å². The SMILES string of the molecule is COc1ccc(Cn2cc(C(=O)O)c(=O)c3c4c(c(N5C[C@@H]6C[C@H]5CN6)nc32)CCC4)c(OC)c1. The number of hydrogen-bond donors (Lipinski definition) is 2. The number of anilines is 1. The molecule has 2 atom stereocenters. The Hall–Kier alpha value is -3.59. The summed E-state index contributed by atoms with van der Waals surface area (Å²) in [7, 11) is 3.18. The van der Waals surface area contributed by atoms with Gasteiger partial charge in [-0.05, 0) is 48.9 Å². The minimum absolute atomic E-state index is 0.238. The third-order valence-electron chi connectivity index (χ3n) is 7.65. The molecule has 182 valence electrons. The number of ether oxygens (including phenoxy) is 2. The molecule has 9 heteroatoms. The van der Waals surface area contributed by atoms with Gasteiger partial charge in [-0.1, -0.05) is 0 Å². The zero-order chi connectivity index (χ0) is 24.3. The maximum Gasteiger partial charge on any atom is 0.341 e. The van der Waals surface area contributed by atoms with Gasteiger partial charge in [-0.2, -0.15) is 0 Å². The molecule has 3 aromatic rings. The van der Waals surface area contributed by atoms with Crippen molar-refractivity contribution in [3.8, 4) is 11.5 Å². The van der Waals surface area contributed by atoms with E-state index in [1.54, 1.807) is 24.9 Å². The number of nitrogens with one attached hydrogen (secondary N) is 1. The van der Waals surface area contributed by atoms with Gasteiger partial charge in [0.2, 0.25) is 5.43 Å². The molecule has 2 fully saturated rings. The zero-order valence-corrected chi connectivity index (χ0v) is 19.8. The lowest BCUT2D eigenvalue weighted by atomic mass is 10.0. The molecule has 1 aromatic carbocycles. The van der Waals surface area contributed by atoms with Gasteiger partial charge < -0.3 is 29.4 Å². The highest BCUT2D eigenvalue weighted by Gasteiger charge is 2.40. The van der Waals surface area contributed by atoms with Crippen molar-refractivity contribution >= 4 is 22.8 Å². The molecule has 1 aliphatic carbocycles. The number of methoxy groups -OCH3 is 2. The van der Waals surface area contributed by atoms with E-state index < -0.39 is 11.4 Å². The van der Waals surface area contributed by atoms with Crippen LogP contribution in [0.15, 0.2) is 29.2 Å². The van der Waals surface area contributed by atoms with Crippen molar-refractivity contribution in [1.29, 1.82) is 0 Å². The predicted octanol–water partition coefficient (Wildman–Crippen LogP) is 2.20. The van der Waals surface area contributed by atoms with Crippen LogP contribution in [0, 0.1) is 0 Å². The highest BCUT2D eigenvalue weighted by molar-refractivity contribution is 5.94. The number of pyridine rings is 2. The first-order valence-corrected chi connectivity index (χ1v) is 12.0. The molecule has 2 saturated heterocycles. The molecule has 0 unspecified atom stereocenters.